The second kappa shape index (κ2) is 7.43. The van der Waals surface area contributed by atoms with E-state index < -0.39 is 0 Å². The molecule has 2 atom stereocenters. The van der Waals surface area contributed by atoms with Crippen LogP contribution < -0.4 is 0 Å². The Morgan fingerprint density at radius 2 is 2.09 bits per heavy atom. The lowest BCUT2D eigenvalue weighted by atomic mass is 9.96. The number of rotatable bonds is 3. The molecule has 0 radical (unpaired) electrons. The smallest absolute Gasteiger partial charge is 0.222 e. The Kier molecular flexibility index (Phi) is 5.31. The van der Waals surface area contributed by atoms with Crippen molar-refractivity contribution in [1.82, 2.24) is 9.80 Å². The van der Waals surface area contributed by atoms with Gasteiger partial charge < -0.3 is 9.80 Å². The van der Waals surface area contributed by atoms with Crippen molar-refractivity contribution in [3.05, 3.63) is 35.6 Å². The molecule has 0 spiro atoms. The van der Waals surface area contributed by atoms with E-state index in [4.69, 9.17) is 0 Å². The second-order valence-corrected chi connectivity index (χ2v) is 7.17. The summed E-state index contributed by atoms with van der Waals surface area (Å²) in [7, 11) is 0. The molecule has 23 heavy (non-hydrogen) atoms. The van der Waals surface area contributed by atoms with E-state index in [9.17, 15) is 9.18 Å². The molecule has 1 amide bonds. The van der Waals surface area contributed by atoms with E-state index in [1.807, 2.05) is 11.0 Å². The molecule has 0 aromatic heterocycles. The molecule has 2 unspecified atom stereocenters. The lowest BCUT2D eigenvalue weighted by Crippen LogP contribution is -2.42. The highest BCUT2D eigenvalue weighted by atomic mass is 19.1. The Labute approximate surface area is 138 Å². The van der Waals surface area contributed by atoms with Gasteiger partial charge in [-0.15, -0.1) is 0 Å². The van der Waals surface area contributed by atoms with Crippen molar-refractivity contribution in [2.75, 3.05) is 19.6 Å². The number of carbonyl (C=O) groups excluding carboxylic acids is 1. The summed E-state index contributed by atoms with van der Waals surface area (Å²) in [5.74, 6) is 0.748. The SMILES string of the molecule is CC1CCCN(C2CCC(=O)N(Cc3cccc(F)c3)CC2)C1. The van der Waals surface area contributed by atoms with E-state index in [1.54, 1.807) is 6.07 Å². The first-order chi connectivity index (χ1) is 11.1. The minimum absolute atomic E-state index is 0.210. The molecule has 126 valence electrons. The number of halogens is 1. The van der Waals surface area contributed by atoms with Crippen molar-refractivity contribution < 1.29 is 9.18 Å². The first-order valence-corrected chi connectivity index (χ1v) is 8.88. The van der Waals surface area contributed by atoms with Crippen LogP contribution in [0.1, 0.15) is 44.6 Å². The van der Waals surface area contributed by atoms with E-state index in [1.165, 1.54) is 38.1 Å². The summed E-state index contributed by atoms with van der Waals surface area (Å²) in [6, 6.07) is 7.11. The van der Waals surface area contributed by atoms with Crippen molar-refractivity contribution in [1.29, 1.82) is 0 Å². The molecule has 2 heterocycles. The van der Waals surface area contributed by atoms with Gasteiger partial charge in [-0.3, -0.25) is 4.79 Å². The molecule has 1 aromatic rings. The molecule has 1 aromatic carbocycles. The van der Waals surface area contributed by atoms with Crippen LogP contribution in [0.25, 0.3) is 0 Å². The highest BCUT2D eigenvalue weighted by Crippen LogP contribution is 2.24. The number of hydrogen-bond acceptors (Lipinski definition) is 2. The van der Waals surface area contributed by atoms with Gasteiger partial charge in [0, 0.05) is 32.1 Å². The third-order valence-electron chi connectivity index (χ3n) is 5.24. The summed E-state index contributed by atoms with van der Waals surface area (Å²) >= 11 is 0. The Morgan fingerprint density at radius 1 is 1.22 bits per heavy atom. The molecule has 4 heteroatoms. The zero-order valence-electron chi connectivity index (χ0n) is 14.0. The number of amides is 1. The molecule has 0 bridgehead atoms. The standard InChI is InChI=1S/C19H27FN2O/c1-15-4-3-10-21(13-15)18-7-8-19(23)22(11-9-18)14-16-5-2-6-17(20)12-16/h2,5-6,12,15,18H,3-4,7-11,13-14H2,1H3. The average Bonchev–Trinajstić information content (AvgIpc) is 2.70. The van der Waals surface area contributed by atoms with Crippen molar-refractivity contribution in [3.8, 4) is 0 Å². The predicted octanol–water partition coefficient (Wildman–Crippen LogP) is 3.44. The summed E-state index contributed by atoms with van der Waals surface area (Å²) < 4.78 is 13.3. The Morgan fingerprint density at radius 3 is 2.87 bits per heavy atom. The van der Waals surface area contributed by atoms with Crippen molar-refractivity contribution in [2.24, 2.45) is 5.92 Å². The molecule has 2 fully saturated rings. The van der Waals surface area contributed by atoms with Gasteiger partial charge in [0.15, 0.2) is 0 Å². The van der Waals surface area contributed by atoms with E-state index in [0.29, 0.717) is 19.0 Å². The summed E-state index contributed by atoms with van der Waals surface area (Å²) in [5, 5.41) is 0. The fourth-order valence-electron chi connectivity index (χ4n) is 3.97. The molecule has 2 aliphatic rings. The van der Waals surface area contributed by atoms with Crippen molar-refractivity contribution in [3.63, 3.8) is 0 Å². The molecule has 3 rings (SSSR count). The number of carbonyl (C=O) groups is 1. The number of likely N-dealkylation sites (tertiary alicyclic amines) is 2. The third kappa shape index (κ3) is 4.31. The first kappa shape index (κ1) is 16.4. The van der Waals surface area contributed by atoms with Gasteiger partial charge in [-0.2, -0.15) is 0 Å². The van der Waals surface area contributed by atoms with Crippen LogP contribution in [0.2, 0.25) is 0 Å². The molecule has 3 nitrogen and oxygen atoms in total. The molecular weight excluding hydrogens is 291 g/mol. The Balaban J connectivity index is 1.60. The second-order valence-electron chi connectivity index (χ2n) is 7.17. The van der Waals surface area contributed by atoms with Gasteiger partial charge in [0.1, 0.15) is 5.82 Å². The van der Waals surface area contributed by atoms with Crippen LogP contribution >= 0.6 is 0 Å². The highest BCUT2D eigenvalue weighted by molar-refractivity contribution is 5.76. The molecule has 0 N–H and O–H groups in total. The highest BCUT2D eigenvalue weighted by Gasteiger charge is 2.28. The van der Waals surface area contributed by atoms with Crippen LogP contribution in [-0.2, 0) is 11.3 Å². The van der Waals surface area contributed by atoms with Gasteiger partial charge in [0.2, 0.25) is 5.91 Å². The summed E-state index contributed by atoms with van der Waals surface area (Å²) in [4.78, 5) is 16.9. The van der Waals surface area contributed by atoms with Crippen LogP contribution in [-0.4, -0.2) is 41.4 Å². The Bertz CT molecular complexity index is 548. The fourth-order valence-corrected chi connectivity index (χ4v) is 3.97. The number of piperidine rings is 1. The maximum Gasteiger partial charge on any atom is 0.222 e. The zero-order chi connectivity index (χ0) is 16.2. The van der Waals surface area contributed by atoms with Crippen LogP contribution in [0.5, 0.6) is 0 Å². The van der Waals surface area contributed by atoms with E-state index in [0.717, 1.165) is 30.9 Å². The molecular formula is C19H27FN2O. The molecule has 2 aliphatic heterocycles. The molecule has 0 saturated carbocycles. The predicted molar refractivity (Wildman–Crippen MR) is 89.4 cm³/mol. The average molecular weight is 318 g/mol. The summed E-state index contributed by atoms with van der Waals surface area (Å²) in [5.41, 5.74) is 0.878. The lowest BCUT2D eigenvalue weighted by molar-refractivity contribution is -0.131. The van der Waals surface area contributed by atoms with Gasteiger partial charge in [-0.1, -0.05) is 19.1 Å². The van der Waals surface area contributed by atoms with Crippen LogP contribution in [0, 0.1) is 11.7 Å². The third-order valence-corrected chi connectivity index (χ3v) is 5.24. The number of nitrogens with zero attached hydrogens (tertiary/aromatic N) is 2. The normalized spacial score (nSPS) is 27.0. The monoisotopic (exact) mass is 318 g/mol. The topological polar surface area (TPSA) is 23.6 Å². The van der Waals surface area contributed by atoms with Crippen LogP contribution in [0.4, 0.5) is 4.39 Å². The van der Waals surface area contributed by atoms with Gasteiger partial charge >= 0.3 is 0 Å². The largest absolute Gasteiger partial charge is 0.338 e. The zero-order valence-corrected chi connectivity index (χ0v) is 14.0. The number of benzene rings is 1. The van der Waals surface area contributed by atoms with E-state index in [2.05, 4.69) is 11.8 Å². The van der Waals surface area contributed by atoms with Gasteiger partial charge in [-0.05, 0) is 55.8 Å². The lowest BCUT2D eigenvalue weighted by Gasteiger charge is -2.37. The van der Waals surface area contributed by atoms with Gasteiger partial charge in [0.05, 0.1) is 0 Å². The molecule has 0 aliphatic carbocycles. The Hall–Kier alpha value is -1.42. The fraction of sp³-hybridized carbons (Fsp3) is 0.632. The number of hydrogen-bond donors (Lipinski definition) is 0. The maximum atomic E-state index is 13.3. The summed E-state index contributed by atoms with van der Waals surface area (Å²) in [6.45, 7) is 5.98. The van der Waals surface area contributed by atoms with Gasteiger partial charge in [0.25, 0.3) is 0 Å². The van der Waals surface area contributed by atoms with Crippen LogP contribution in [0.3, 0.4) is 0 Å². The quantitative estimate of drug-likeness (QED) is 0.852. The van der Waals surface area contributed by atoms with E-state index >= 15 is 0 Å². The minimum Gasteiger partial charge on any atom is -0.338 e. The van der Waals surface area contributed by atoms with Crippen molar-refractivity contribution >= 4 is 5.91 Å². The molecule has 2 saturated heterocycles. The minimum atomic E-state index is -0.232. The van der Waals surface area contributed by atoms with Crippen LogP contribution in [0.15, 0.2) is 24.3 Å². The van der Waals surface area contributed by atoms with Crippen molar-refractivity contribution in [2.45, 2.75) is 51.6 Å². The first-order valence-electron chi connectivity index (χ1n) is 8.88. The summed E-state index contributed by atoms with van der Waals surface area (Å²) in [6.07, 6.45) is 5.22. The van der Waals surface area contributed by atoms with Gasteiger partial charge in [-0.25, -0.2) is 4.39 Å². The van der Waals surface area contributed by atoms with E-state index in [-0.39, 0.29) is 11.7 Å². The maximum absolute atomic E-state index is 13.3.